The van der Waals surface area contributed by atoms with E-state index in [1.807, 2.05) is 6.92 Å². The molecule has 11 heteroatoms. The molecule has 0 amide bonds. The van der Waals surface area contributed by atoms with Crippen molar-refractivity contribution in [1.29, 1.82) is 0 Å². The van der Waals surface area contributed by atoms with Gasteiger partial charge < -0.3 is 15.4 Å². The molecule has 2 N–H and O–H groups in total. The second-order valence-electron chi connectivity index (χ2n) is 5.01. The topological polar surface area (TPSA) is 79.8 Å². The SMILES string of the molecule is CCNC(=NCc1ccccc1OC(F)(F)F)NCCS(=O)(=O)CC.I. The highest BCUT2D eigenvalue weighted by atomic mass is 127. The maximum atomic E-state index is 12.4. The van der Waals surface area contributed by atoms with Crippen molar-refractivity contribution in [3.63, 3.8) is 0 Å². The molecule has 0 radical (unpaired) electrons. The van der Waals surface area contributed by atoms with Crippen LogP contribution in [0.4, 0.5) is 13.2 Å². The van der Waals surface area contributed by atoms with E-state index in [9.17, 15) is 21.6 Å². The van der Waals surface area contributed by atoms with Gasteiger partial charge in [-0.2, -0.15) is 0 Å². The molecule has 0 aliphatic heterocycles. The first-order valence-electron chi connectivity index (χ1n) is 7.73. The van der Waals surface area contributed by atoms with Crippen molar-refractivity contribution in [2.45, 2.75) is 26.8 Å². The molecule has 6 nitrogen and oxygen atoms in total. The highest BCUT2D eigenvalue weighted by Crippen LogP contribution is 2.26. The van der Waals surface area contributed by atoms with Crippen LogP contribution in [-0.4, -0.2) is 45.3 Å². The van der Waals surface area contributed by atoms with E-state index in [1.54, 1.807) is 13.0 Å². The van der Waals surface area contributed by atoms with E-state index in [-0.39, 0.29) is 59.9 Å². The smallest absolute Gasteiger partial charge is 0.405 e. The molecular weight excluding hydrogens is 486 g/mol. The number of alkyl halides is 3. The lowest BCUT2D eigenvalue weighted by Gasteiger charge is -2.14. The predicted octanol–water partition coefficient (Wildman–Crippen LogP) is 2.69. The third kappa shape index (κ3) is 10.0. The number of nitrogens with one attached hydrogen (secondary N) is 2. The van der Waals surface area contributed by atoms with Crippen LogP contribution < -0.4 is 15.4 Å². The Balaban J connectivity index is 0.00000625. The lowest BCUT2D eigenvalue weighted by Crippen LogP contribution is -2.39. The summed E-state index contributed by atoms with van der Waals surface area (Å²) in [5, 5.41) is 5.75. The van der Waals surface area contributed by atoms with Crippen LogP contribution in [0.25, 0.3) is 0 Å². The molecule has 0 saturated carbocycles. The molecule has 0 aliphatic carbocycles. The molecule has 1 aromatic rings. The summed E-state index contributed by atoms with van der Waals surface area (Å²) < 4.78 is 64.2. The number of rotatable bonds is 8. The Kier molecular flexibility index (Phi) is 10.9. The van der Waals surface area contributed by atoms with E-state index >= 15 is 0 Å². The quantitative estimate of drug-likeness (QED) is 0.320. The Hall–Kier alpha value is -1.24. The number of ether oxygens (including phenoxy) is 1. The molecule has 0 atom stereocenters. The van der Waals surface area contributed by atoms with E-state index in [1.165, 1.54) is 18.2 Å². The number of halogens is 4. The first-order valence-corrected chi connectivity index (χ1v) is 9.55. The summed E-state index contributed by atoms with van der Waals surface area (Å²) >= 11 is 0. The molecule has 0 aliphatic rings. The van der Waals surface area contributed by atoms with Gasteiger partial charge in [0.1, 0.15) is 5.75 Å². The van der Waals surface area contributed by atoms with Crippen molar-refractivity contribution < 1.29 is 26.3 Å². The van der Waals surface area contributed by atoms with Gasteiger partial charge in [-0.15, -0.1) is 37.1 Å². The van der Waals surface area contributed by atoms with Crippen molar-refractivity contribution in [2.24, 2.45) is 4.99 Å². The van der Waals surface area contributed by atoms with Crippen LogP contribution in [-0.2, 0) is 16.4 Å². The molecular formula is C15H23F3IN3O3S. The molecule has 0 heterocycles. The lowest BCUT2D eigenvalue weighted by molar-refractivity contribution is -0.274. The number of hydrogen-bond donors (Lipinski definition) is 2. The normalized spacial score (nSPS) is 12.3. The van der Waals surface area contributed by atoms with Gasteiger partial charge in [0.15, 0.2) is 15.8 Å². The molecule has 0 bridgehead atoms. The Bertz CT molecular complexity index is 682. The molecule has 0 aromatic heterocycles. The van der Waals surface area contributed by atoms with Crippen molar-refractivity contribution in [2.75, 3.05) is 24.6 Å². The lowest BCUT2D eigenvalue weighted by atomic mass is 10.2. The van der Waals surface area contributed by atoms with Crippen LogP contribution in [0, 0.1) is 0 Å². The third-order valence-electron chi connectivity index (χ3n) is 3.10. The molecule has 26 heavy (non-hydrogen) atoms. The maximum Gasteiger partial charge on any atom is 0.573 e. The van der Waals surface area contributed by atoms with Crippen LogP contribution in [0.1, 0.15) is 19.4 Å². The highest BCUT2D eigenvalue weighted by molar-refractivity contribution is 14.0. The van der Waals surface area contributed by atoms with E-state index in [4.69, 9.17) is 0 Å². The number of para-hydroxylation sites is 1. The minimum absolute atomic E-state index is 0. The summed E-state index contributed by atoms with van der Waals surface area (Å²) in [4.78, 5) is 4.17. The first kappa shape index (κ1) is 24.8. The standard InChI is InChI=1S/C15H22F3N3O3S.HI/c1-3-19-14(20-9-10-25(22,23)4-2)21-11-12-7-5-6-8-13(12)24-15(16,17)18;/h5-8H,3-4,9-11H2,1-2H3,(H2,19,20,21);1H. The van der Waals surface area contributed by atoms with E-state index in [2.05, 4.69) is 20.4 Å². The zero-order chi connectivity index (χ0) is 18.9. The largest absolute Gasteiger partial charge is 0.573 e. The van der Waals surface area contributed by atoms with Gasteiger partial charge in [0.25, 0.3) is 0 Å². The van der Waals surface area contributed by atoms with Crippen molar-refractivity contribution in [3.05, 3.63) is 29.8 Å². The number of benzene rings is 1. The second-order valence-corrected chi connectivity index (χ2v) is 7.49. The Morgan fingerprint density at radius 2 is 1.85 bits per heavy atom. The molecule has 0 spiro atoms. The summed E-state index contributed by atoms with van der Waals surface area (Å²) in [5.41, 5.74) is 0.262. The average Bonchev–Trinajstić information content (AvgIpc) is 2.52. The molecule has 150 valence electrons. The highest BCUT2D eigenvalue weighted by Gasteiger charge is 2.31. The molecule has 1 aromatic carbocycles. The Labute approximate surface area is 168 Å². The minimum atomic E-state index is -4.78. The predicted molar refractivity (Wildman–Crippen MR) is 106 cm³/mol. The summed E-state index contributed by atoms with van der Waals surface area (Å²) in [7, 11) is -3.11. The monoisotopic (exact) mass is 509 g/mol. The zero-order valence-electron chi connectivity index (χ0n) is 14.5. The number of guanidine groups is 1. The van der Waals surface area contributed by atoms with E-state index in [0.29, 0.717) is 12.5 Å². The van der Waals surface area contributed by atoms with Gasteiger partial charge in [-0.3, -0.25) is 0 Å². The van der Waals surface area contributed by atoms with Gasteiger partial charge in [-0.05, 0) is 13.0 Å². The van der Waals surface area contributed by atoms with Crippen molar-refractivity contribution in [3.8, 4) is 5.75 Å². The first-order chi connectivity index (χ1) is 11.7. The molecule has 0 fully saturated rings. The van der Waals surface area contributed by atoms with Gasteiger partial charge in [-0.1, -0.05) is 25.1 Å². The molecule has 0 unspecified atom stereocenters. The van der Waals surface area contributed by atoms with Gasteiger partial charge >= 0.3 is 6.36 Å². The second kappa shape index (κ2) is 11.5. The van der Waals surface area contributed by atoms with Crippen LogP contribution in [0.2, 0.25) is 0 Å². The average molecular weight is 509 g/mol. The number of aliphatic imine (C=N–C) groups is 1. The third-order valence-corrected chi connectivity index (χ3v) is 4.80. The van der Waals surface area contributed by atoms with Crippen LogP contribution in [0.5, 0.6) is 5.75 Å². The zero-order valence-corrected chi connectivity index (χ0v) is 17.6. The fourth-order valence-electron chi connectivity index (χ4n) is 1.83. The van der Waals surface area contributed by atoms with Crippen molar-refractivity contribution in [1.82, 2.24) is 10.6 Å². The van der Waals surface area contributed by atoms with Gasteiger partial charge in [0.05, 0.1) is 12.3 Å². The molecule has 0 saturated heterocycles. The van der Waals surface area contributed by atoms with Gasteiger partial charge in [-0.25, -0.2) is 13.4 Å². The summed E-state index contributed by atoms with van der Waals surface area (Å²) in [6.45, 7) is 4.00. The summed E-state index contributed by atoms with van der Waals surface area (Å²) in [5.74, 6) is -0.00887. The Morgan fingerprint density at radius 3 is 2.42 bits per heavy atom. The van der Waals surface area contributed by atoms with Crippen LogP contribution in [0.15, 0.2) is 29.3 Å². The van der Waals surface area contributed by atoms with Gasteiger partial charge in [0, 0.05) is 24.4 Å². The minimum Gasteiger partial charge on any atom is -0.405 e. The van der Waals surface area contributed by atoms with E-state index in [0.717, 1.165) is 0 Å². The summed E-state index contributed by atoms with van der Waals surface area (Å²) in [6, 6.07) is 5.72. The summed E-state index contributed by atoms with van der Waals surface area (Å²) in [6.07, 6.45) is -4.78. The maximum absolute atomic E-state index is 12.4. The molecule has 1 rings (SSSR count). The van der Waals surface area contributed by atoms with Crippen LogP contribution >= 0.6 is 24.0 Å². The van der Waals surface area contributed by atoms with Crippen LogP contribution in [0.3, 0.4) is 0 Å². The Morgan fingerprint density at radius 1 is 1.19 bits per heavy atom. The van der Waals surface area contributed by atoms with Gasteiger partial charge in [0.2, 0.25) is 0 Å². The van der Waals surface area contributed by atoms with Crippen molar-refractivity contribution >= 4 is 39.8 Å². The van der Waals surface area contributed by atoms with E-state index < -0.39 is 16.2 Å². The fourth-order valence-corrected chi connectivity index (χ4v) is 2.54. The number of nitrogens with zero attached hydrogens (tertiary/aromatic N) is 1. The number of sulfone groups is 1. The fraction of sp³-hybridized carbons (Fsp3) is 0.533. The number of hydrogen-bond acceptors (Lipinski definition) is 4.